The van der Waals surface area contributed by atoms with E-state index in [2.05, 4.69) is 16.9 Å². The van der Waals surface area contributed by atoms with Crippen LogP contribution in [0, 0.1) is 17.2 Å². The summed E-state index contributed by atoms with van der Waals surface area (Å²) in [6.45, 7) is 6.23. The summed E-state index contributed by atoms with van der Waals surface area (Å²) < 4.78 is 46.7. The van der Waals surface area contributed by atoms with Gasteiger partial charge in [0.15, 0.2) is 5.65 Å². The number of carbonyl (C=O) groups is 1. The third kappa shape index (κ3) is 6.16. The van der Waals surface area contributed by atoms with Crippen LogP contribution in [0.3, 0.4) is 0 Å². The molecule has 0 radical (unpaired) electrons. The van der Waals surface area contributed by atoms with Gasteiger partial charge in [-0.1, -0.05) is 25.1 Å². The number of likely N-dealkylation sites (tertiary alicyclic amines) is 1. The largest absolute Gasteiger partial charge is 0.368 e. The lowest BCUT2D eigenvalue weighted by atomic mass is 9.92. The minimum Gasteiger partial charge on any atom is -0.368 e. The van der Waals surface area contributed by atoms with Gasteiger partial charge in [0, 0.05) is 20.1 Å². The van der Waals surface area contributed by atoms with E-state index in [9.17, 15) is 17.8 Å². The maximum atomic E-state index is 13.8. The number of aromatic nitrogens is 3. The van der Waals surface area contributed by atoms with Crippen LogP contribution < -0.4 is 4.90 Å². The minimum absolute atomic E-state index is 0.00446. The second-order valence-electron chi connectivity index (χ2n) is 10.3. The molecule has 0 bridgehead atoms. The van der Waals surface area contributed by atoms with Crippen LogP contribution in [-0.2, 0) is 30.7 Å². The van der Waals surface area contributed by atoms with Gasteiger partial charge in [0.1, 0.15) is 25.7 Å². The quantitative estimate of drug-likeness (QED) is 0.353. The first-order valence-corrected chi connectivity index (χ1v) is 16.8. The highest BCUT2D eigenvalue weighted by molar-refractivity contribution is 7.90. The molecular weight excluding hydrogens is 539 g/mol. The highest BCUT2D eigenvalue weighted by Crippen LogP contribution is 2.37. The van der Waals surface area contributed by atoms with Gasteiger partial charge in [0.2, 0.25) is 5.91 Å². The summed E-state index contributed by atoms with van der Waals surface area (Å²) in [5, 5.41) is 9.49. The predicted molar refractivity (Wildman–Crippen MR) is 148 cm³/mol. The minimum atomic E-state index is -4.05. The Morgan fingerprint density at radius 1 is 1.26 bits per heavy atom. The molecule has 0 saturated carbocycles. The number of likely N-dealkylation sites (N-methyl/N-ethyl adjacent to an activating group) is 1. The molecule has 1 aliphatic heterocycles. The summed E-state index contributed by atoms with van der Waals surface area (Å²) in [5.41, 5.74) is 0.534. The molecule has 4 rings (SSSR count). The zero-order valence-corrected chi connectivity index (χ0v) is 24.2. The van der Waals surface area contributed by atoms with E-state index in [1.807, 2.05) is 18.0 Å². The number of carbonyl (C=O) groups excluding carboxylic acids is 1. The number of nitrogens with zero attached hydrogens (tertiary/aromatic N) is 6. The van der Waals surface area contributed by atoms with Crippen molar-refractivity contribution < 1.29 is 22.5 Å². The Morgan fingerprint density at radius 2 is 1.97 bits per heavy atom. The molecule has 2 unspecified atom stereocenters. The molecule has 208 valence electrons. The Morgan fingerprint density at radius 3 is 2.64 bits per heavy atom. The van der Waals surface area contributed by atoms with E-state index < -0.39 is 17.2 Å². The molecule has 1 aromatic carbocycles. The molecule has 1 saturated heterocycles. The molecule has 2 aromatic heterocycles. The lowest BCUT2D eigenvalue weighted by Crippen LogP contribution is -2.52. The van der Waals surface area contributed by atoms with Crippen molar-refractivity contribution in [3.05, 3.63) is 48.4 Å². The van der Waals surface area contributed by atoms with Crippen LogP contribution in [0.25, 0.3) is 11.0 Å². The average molecular weight is 573 g/mol. The summed E-state index contributed by atoms with van der Waals surface area (Å²) >= 11 is 0. The van der Waals surface area contributed by atoms with Crippen molar-refractivity contribution in [1.29, 1.82) is 5.26 Å². The third-order valence-electron chi connectivity index (χ3n) is 6.87. The number of anilines is 1. The fraction of sp³-hybridized carbons (Fsp3) is 0.462. The third-order valence-corrected chi connectivity index (χ3v) is 9.43. The van der Waals surface area contributed by atoms with Crippen molar-refractivity contribution in [2.24, 2.45) is 5.92 Å². The van der Waals surface area contributed by atoms with Crippen LogP contribution in [0.1, 0.15) is 25.5 Å². The maximum Gasteiger partial charge on any atom is 0.269 e. The Hall–Kier alpha value is -3.26. The SMILES string of the molecule is CC1CCN(C(=O)CC#N)CC1N(C)c1ncnc2c1cc(COCP(C)(C)=O)n2S(=O)(=O)c1ccccc1. The first kappa shape index (κ1) is 28.7. The van der Waals surface area contributed by atoms with Crippen molar-refractivity contribution >= 4 is 39.9 Å². The monoisotopic (exact) mass is 572 g/mol. The van der Waals surface area contributed by atoms with Crippen molar-refractivity contribution in [3.8, 4) is 6.07 Å². The number of fused-ring (bicyclic) bond motifs is 1. The topological polar surface area (TPSA) is 138 Å². The van der Waals surface area contributed by atoms with Crippen LogP contribution in [0.2, 0.25) is 0 Å². The molecule has 0 spiro atoms. The van der Waals surface area contributed by atoms with Gasteiger partial charge in [-0.25, -0.2) is 22.4 Å². The van der Waals surface area contributed by atoms with E-state index in [-0.39, 0.29) is 47.8 Å². The lowest BCUT2D eigenvalue weighted by Gasteiger charge is -2.42. The van der Waals surface area contributed by atoms with Crippen molar-refractivity contribution in [1.82, 2.24) is 18.8 Å². The van der Waals surface area contributed by atoms with E-state index in [0.717, 1.165) is 6.42 Å². The molecule has 1 aliphatic rings. The summed E-state index contributed by atoms with van der Waals surface area (Å²) in [7, 11) is -4.67. The molecule has 2 atom stereocenters. The van der Waals surface area contributed by atoms with Gasteiger partial charge in [-0.05, 0) is 43.9 Å². The number of nitriles is 1. The summed E-state index contributed by atoms with van der Waals surface area (Å²) in [6, 6.07) is 11.6. The Kier molecular flexibility index (Phi) is 8.45. The first-order valence-electron chi connectivity index (χ1n) is 12.6. The Balaban J connectivity index is 1.79. The van der Waals surface area contributed by atoms with E-state index in [0.29, 0.717) is 30.0 Å². The highest BCUT2D eigenvalue weighted by atomic mass is 32.2. The van der Waals surface area contributed by atoms with Gasteiger partial charge in [0.25, 0.3) is 10.0 Å². The normalized spacial score (nSPS) is 18.2. The summed E-state index contributed by atoms with van der Waals surface area (Å²) in [4.78, 5) is 25.1. The van der Waals surface area contributed by atoms with Gasteiger partial charge < -0.3 is 19.1 Å². The molecule has 1 fully saturated rings. The number of ether oxygens (including phenoxy) is 1. The number of piperidine rings is 1. The molecule has 3 heterocycles. The number of rotatable bonds is 9. The molecule has 39 heavy (non-hydrogen) atoms. The van der Waals surface area contributed by atoms with Gasteiger partial charge in [-0.2, -0.15) is 5.26 Å². The zero-order valence-electron chi connectivity index (χ0n) is 22.5. The standard InChI is InChI=1S/C26H33N6O5PS/c1-19-11-13-31(24(33)10-12-27)15-23(19)30(2)25-22-14-20(16-37-18-38(3,4)34)32(26(22)29-17-28-25)39(35,36)21-8-6-5-7-9-21/h5-9,14,17,19,23H,10-11,13,15-16,18H2,1-4H3. The molecule has 11 nitrogen and oxygen atoms in total. The number of hydrogen-bond donors (Lipinski definition) is 0. The summed E-state index contributed by atoms with van der Waals surface area (Å²) in [6.07, 6.45) is 1.92. The first-order chi connectivity index (χ1) is 18.4. The fourth-order valence-corrected chi connectivity index (χ4v) is 6.89. The molecule has 0 N–H and O–H groups in total. The van der Waals surface area contributed by atoms with E-state index in [1.165, 1.54) is 22.4 Å². The van der Waals surface area contributed by atoms with Crippen LogP contribution in [0.15, 0.2) is 47.6 Å². The smallest absolute Gasteiger partial charge is 0.269 e. The van der Waals surface area contributed by atoms with Gasteiger partial charge in [-0.15, -0.1) is 0 Å². The molecular formula is C26H33N6O5PS. The number of hydrogen-bond acceptors (Lipinski definition) is 9. The molecule has 0 aliphatic carbocycles. The van der Waals surface area contributed by atoms with Gasteiger partial charge in [-0.3, -0.25) is 4.79 Å². The predicted octanol–water partition coefficient (Wildman–Crippen LogP) is 3.35. The fourth-order valence-electron chi connectivity index (χ4n) is 4.86. The number of benzene rings is 1. The van der Waals surface area contributed by atoms with E-state index in [4.69, 9.17) is 10.00 Å². The Labute approximate surface area is 228 Å². The van der Waals surface area contributed by atoms with E-state index >= 15 is 0 Å². The molecule has 1 amide bonds. The van der Waals surface area contributed by atoms with Crippen LogP contribution in [0.5, 0.6) is 0 Å². The van der Waals surface area contributed by atoms with Crippen molar-refractivity contribution in [2.45, 2.75) is 37.3 Å². The van der Waals surface area contributed by atoms with Crippen molar-refractivity contribution in [3.63, 3.8) is 0 Å². The number of amides is 1. The molecule has 3 aromatic rings. The van der Waals surface area contributed by atoms with E-state index in [1.54, 1.807) is 42.5 Å². The summed E-state index contributed by atoms with van der Waals surface area (Å²) in [5.74, 6) is 0.526. The van der Waals surface area contributed by atoms with Crippen LogP contribution >= 0.6 is 7.14 Å². The second kappa shape index (κ2) is 11.5. The Bertz CT molecular complexity index is 1550. The van der Waals surface area contributed by atoms with Gasteiger partial charge >= 0.3 is 0 Å². The average Bonchev–Trinajstić information content (AvgIpc) is 3.27. The van der Waals surface area contributed by atoms with Crippen LogP contribution in [-0.4, -0.2) is 79.0 Å². The second-order valence-corrected chi connectivity index (χ2v) is 15.5. The maximum absolute atomic E-state index is 13.8. The van der Waals surface area contributed by atoms with Crippen molar-refractivity contribution in [2.75, 3.05) is 44.7 Å². The lowest BCUT2D eigenvalue weighted by molar-refractivity contribution is -0.131. The zero-order chi connectivity index (χ0) is 28.4. The van der Waals surface area contributed by atoms with Crippen LogP contribution in [0.4, 0.5) is 5.82 Å². The van der Waals surface area contributed by atoms with Gasteiger partial charge in [0.05, 0.1) is 41.0 Å². The molecule has 13 heteroatoms. The highest BCUT2D eigenvalue weighted by Gasteiger charge is 2.34.